The minimum Gasteiger partial charge on any atom is -0.384 e. The summed E-state index contributed by atoms with van der Waals surface area (Å²) >= 11 is 0. The van der Waals surface area contributed by atoms with Gasteiger partial charge in [-0.05, 0) is 18.8 Å². The number of rotatable bonds is 5. The average Bonchev–Trinajstić information content (AvgIpc) is 2.86. The maximum Gasteiger partial charge on any atom is 0.321 e. The summed E-state index contributed by atoms with van der Waals surface area (Å²) in [6, 6.07) is -0.0418. The van der Waals surface area contributed by atoms with Crippen LogP contribution in [0.4, 0.5) is 10.5 Å². The second kappa shape index (κ2) is 7.45. The highest BCUT2D eigenvalue weighted by molar-refractivity contribution is 5.89. The van der Waals surface area contributed by atoms with Gasteiger partial charge in [-0.3, -0.25) is 4.68 Å². The number of carbonyl (C=O) groups excluding carboxylic acids is 1. The third-order valence-corrected chi connectivity index (χ3v) is 3.65. The lowest BCUT2D eigenvalue weighted by molar-refractivity contribution is 0.104. The summed E-state index contributed by atoms with van der Waals surface area (Å²) in [5.74, 6) is 0.975. The third-order valence-electron chi connectivity index (χ3n) is 3.65. The van der Waals surface area contributed by atoms with Crippen molar-refractivity contribution in [1.82, 2.24) is 14.7 Å². The van der Waals surface area contributed by atoms with Crippen LogP contribution in [-0.2, 0) is 11.3 Å². The topological polar surface area (TPSA) is 59.4 Å². The van der Waals surface area contributed by atoms with Crippen molar-refractivity contribution in [1.29, 1.82) is 0 Å². The number of urea groups is 1. The first-order valence-electron chi connectivity index (χ1n) is 7.65. The lowest BCUT2D eigenvalue weighted by Crippen LogP contribution is -2.43. The Morgan fingerprint density at radius 1 is 1.57 bits per heavy atom. The van der Waals surface area contributed by atoms with E-state index in [1.165, 1.54) is 0 Å². The number of methoxy groups -OCH3 is 1. The van der Waals surface area contributed by atoms with Gasteiger partial charge in [-0.25, -0.2) is 4.79 Å². The number of likely N-dealkylation sites (tertiary alicyclic amines) is 1. The van der Waals surface area contributed by atoms with Gasteiger partial charge in [0.1, 0.15) is 0 Å². The van der Waals surface area contributed by atoms with E-state index in [9.17, 15) is 4.79 Å². The van der Waals surface area contributed by atoms with Crippen molar-refractivity contribution in [2.24, 2.45) is 11.8 Å². The molecule has 1 fully saturated rings. The van der Waals surface area contributed by atoms with Crippen molar-refractivity contribution < 1.29 is 9.53 Å². The zero-order valence-corrected chi connectivity index (χ0v) is 13.2. The Morgan fingerprint density at radius 2 is 2.38 bits per heavy atom. The van der Waals surface area contributed by atoms with Crippen LogP contribution in [0.25, 0.3) is 0 Å². The van der Waals surface area contributed by atoms with Crippen molar-refractivity contribution >= 4 is 11.7 Å². The minimum absolute atomic E-state index is 0.0418. The van der Waals surface area contributed by atoms with Gasteiger partial charge in [0.2, 0.25) is 0 Å². The van der Waals surface area contributed by atoms with Crippen LogP contribution < -0.4 is 5.32 Å². The van der Waals surface area contributed by atoms with Gasteiger partial charge in [0.05, 0.1) is 18.5 Å². The lowest BCUT2D eigenvalue weighted by atomic mass is 9.99. The number of nitrogens with one attached hydrogen (secondary N) is 1. The third kappa shape index (κ3) is 4.74. The fourth-order valence-corrected chi connectivity index (χ4v) is 2.73. The number of amides is 2. The van der Waals surface area contributed by atoms with E-state index < -0.39 is 0 Å². The fraction of sp³-hybridized carbons (Fsp3) is 0.733. The molecular formula is C15H26N4O2. The van der Waals surface area contributed by atoms with Crippen LogP contribution in [0.2, 0.25) is 0 Å². The van der Waals surface area contributed by atoms with Gasteiger partial charge in [-0.2, -0.15) is 5.10 Å². The van der Waals surface area contributed by atoms with Crippen molar-refractivity contribution in [2.45, 2.75) is 33.2 Å². The summed E-state index contributed by atoms with van der Waals surface area (Å²) < 4.78 is 7.06. The molecule has 1 aliphatic rings. The quantitative estimate of drug-likeness (QED) is 0.907. The summed E-state index contributed by atoms with van der Waals surface area (Å²) in [7, 11) is 1.71. The van der Waals surface area contributed by atoms with Crippen LogP contribution in [0.5, 0.6) is 0 Å². The molecule has 6 heteroatoms. The van der Waals surface area contributed by atoms with Crippen LogP contribution in [0.1, 0.15) is 26.7 Å². The second-order valence-electron chi connectivity index (χ2n) is 6.18. The molecule has 0 unspecified atom stereocenters. The van der Waals surface area contributed by atoms with Gasteiger partial charge in [0.25, 0.3) is 0 Å². The molecule has 21 heavy (non-hydrogen) atoms. The number of hydrogen-bond donors (Lipinski definition) is 1. The number of hydrogen-bond acceptors (Lipinski definition) is 3. The van der Waals surface area contributed by atoms with Crippen molar-refractivity contribution in [2.75, 3.05) is 32.1 Å². The smallest absolute Gasteiger partial charge is 0.321 e. The van der Waals surface area contributed by atoms with Crippen LogP contribution in [0, 0.1) is 11.8 Å². The van der Waals surface area contributed by atoms with Crippen LogP contribution in [0.3, 0.4) is 0 Å². The van der Waals surface area contributed by atoms with Gasteiger partial charge >= 0.3 is 6.03 Å². The summed E-state index contributed by atoms with van der Waals surface area (Å²) in [6.45, 7) is 7.44. The molecule has 1 saturated heterocycles. The molecule has 2 amide bonds. The van der Waals surface area contributed by atoms with E-state index in [2.05, 4.69) is 24.3 Å². The number of piperidine rings is 1. The Balaban J connectivity index is 1.87. The van der Waals surface area contributed by atoms with Crippen LogP contribution in [-0.4, -0.2) is 47.5 Å². The number of aromatic nitrogens is 2. The Kier molecular flexibility index (Phi) is 5.61. The number of nitrogens with zero attached hydrogens (tertiary/aromatic N) is 3. The van der Waals surface area contributed by atoms with Gasteiger partial charge in [0.15, 0.2) is 0 Å². The van der Waals surface area contributed by atoms with Crippen LogP contribution in [0.15, 0.2) is 12.4 Å². The van der Waals surface area contributed by atoms with E-state index in [1.54, 1.807) is 13.3 Å². The van der Waals surface area contributed by atoms with Gasteiger partial charge in [0, 0.05) is 38.9 Å². The molecule has 0 aliphatic carbocycles. The van der Waals surface area contributed by atoms with Gasteiger partial charge in [-0.15, -0.1) is 0 Å². The first-order chi connectivity index (χ1) is 10.1. The minimum atomic E-state index is -0.0418. The van der Waals surface area contributed by atoms with Crippen molar-refractivity contribution in [3.63, 3.8) is 0 Å². The number of carbonyl (C=O) groups is 1. The normalized spacial score (nSPS) is 19.0. The molecule has 1 aromatic heterocycles. The molecule has 1 atom stereocenters. The van der Waals surface area contributed by atoms with Gasteiger partial charge < -0.3 is 15.0 Å². The Hall–Kier alpha value is -1.56. The lowest BCUT2D eigenvalue weighted by Gasteiger charge is -2.32. The Labute approximate surface area is 126 Å². The first kappa shape index (κ1) is 15.8. The Bertz CT molecular complexity index is 456. The summed E-state index contributed by atoms with van der Waals surface area (Å²) in [6.07, 6.45) is 5.75. The van der Waals surface area contributed by atoms with Crippen LogP contribution >= 0.6 is 0 Å². The highest BCUT2D eigenvalue weighted by Crippen LogP contribution is 2.18. The fourth-order valence-electron chi connectivity index (χ4n) is 2.73. The standard InChI is InChI=1S/C15H26N4O2/c1-12(2)8-19-10-14(7-16-19)17-15(20)18-6-4-5-13(9-18)11-21-3/h7,10,12-13H,4-6,8-9,11H2,1-3H3,(H,17,20)/t13-/m1/s1. The zero-order valence-electron chi connectivity index (χ0n) is 13.2. The summed E-state index contributed by atoms with van der Waals surface area (Å²) in [5.41, 5.74) is 0.759. The molecular weight excluding hydrogens is 268 g/mol. The molecule has 6 nitrogen and oxygen atoms in total. The SMILES string of the molecule is COC[C@@H]1CCCN(C(=O)Nc2cnn(CC(C)C)c2)C1. The molecule has 1 N–H and O–H groups in total. The molecule has 0 spiro atoms. The average molecular weight is 294 g/mol. The molecule has 1 aliphatic heterocycles. The first-order valence-corrected chi connectivity index (χ1v) is 7.65. The summed E-state index contributed by atoms with van der Waals surface area (Å²) in [4.78, 5) is 14.2. The van der Waals surface area contributed by atoms with E-state index >= 15 is 0 Å². The highest BCUT2D eigenvalue weighted by Gasteiger charge is 2.23. The number of anilines is 1. The van der Waals surface area contributed by atoms with Gasteiger partial charge in [-0.1, -0.05) is 13.8 Å². The van der Waals surface area contributed by atoms with Crippen molar-refractivity contribution in [3.05, 3.63) is 12.4 Å². The maximum atomic E-state index is 12.3. The predicted molar refractivity (Wildman–Crippen MR) is 82.3 cm³/mol. The predicted octanol–water partition coefficient (Wildman–Crippen LogP) is 2.43. The van der Waals surface area contributed by atoms with E-state index in [-0.39, 0.29) is 6.03 Å². The van der Waals surface area contributed by atoms with E-state index in [0.717, 1.165) is 44.8 Å². The zero-order chi connectivity index (χ0) is 15.2. The van der Waals surface area contributed by atoms with E-state index in [1.807, 2.05) is 15.8 Å². The molecule has 0 aromatic carbocycles. The highest BCUT2D eigenvalue weighted by atomic mass is 16.5. The molecule has 0 bridgehead atoms. The summed E-state index contributed by atoms with van der Waals surface area (Å²) in [5, 5.41) is 7.19. The number of ether oxygens (including phenoxy) is 1. The Morgan fingerprint density at radius 3 is 3.10 bits per heavy atom. The monoisotopic (exact) mass is 294 g/mol. The van der Waals surface area contributed by atoms with Crippen molar-refractivity contribution in [3.8, 4) is 0 Å². The molecule has 2 heterocycles. The maximum absolute atomic E-state index is 12.3. The molecule has 0 saturated carbocycles. The molecule has 2 rings (SSSR count). The molecule has 0 radical (unpaired) electrons. The largest absolute Gasteiger partial charge is 0.384 e. The second-order valence-corrected chi connectivity index (χ2v) is 6.18. The van der Waals surface area contributed by atoms with E-state index in [4.69, 9.17) is 4.74 Å². The van der Waals surface area contributed by atoms with E-state index in [0.29, 0.717) is 11.8 Å². The molecule has 118 valence electrons. The molecule has 1 aromatic rings.